The maximum atomic E-state index is 12.0. The number of hydrogen-bond acceptors (Lipinski definition) is 3. The van der Waals surface area contributed by atoms with E-state index < -0.39 is 5.91 Å². The Labute approximate surface area is 117 Å². The van der Waals surface area contributed by atoms with Gasteiger partial charge in [0.2, 0.25) is 0 Å². The molecule has 100 valence electrons. The van der Waals surface area contributed by atoms with Crippen molar-refractivity contribution in [2.75, 3.05) is 5.32 Å². The number of rotatable bonds is 3. The molecular formula is C16H14N2O2. The molecule has 0 radical (unpaired) electrons. The van der Waals surface area contributed by atoms with Crippen LogP contribution in [0.1, 0.15) is 16.9 Å². The highest BCUT2D eigenvalue weighted by Crippen LogP contribution is 2.15. The maximum Gasteiger partial charge on any atom is 0.266 e. The summed E-state index contributed by atoms with van der Waals surface area (Å²) in [7, 11) is 0. The molecule has 0 spiro atoms. The molecule has 0 aliphatic carbocycles. The van der Waals surface area contributed by atoms with E-state index in [0.29, 0.717) is 11.4 Å². The highest BCUT2D eigenvalue weighted by molar-refractivity contribution is 6.09. The lowest BCUT2D eigenvalue weighted by molar-refractivity contribution is -0.112. The fourth-order valence-corrected chi connectivity index (χ4v) is 1.91. The highest BCUT2D eigenvalue weighted by atomic mass is 16.3. The van der Waals surface area contributed by atoms with Gasteiger partial charge in [-0.2, -0.15) is 5.26 Å². The number of carbonyl (C=O) groups is 1. The number of anilines is 1. The molecule has 0 fully saturated rings. The summed E-state index contributed by atoms with van der Waals surface area (Å²) in [5, 5.41) is 11.8. The Bertz CT molecular complexity index is 672. The first-order chi connectivity index (χ1) is 9.58. The van der Waals surface area contributed by atoms with Crippen LogP contribution >= 0.6 is 0 Å². The van der Waals surface area contributed by atoms with E-state index in [1.54, 1.807) is 12.1 Å². The van der Waals surface area contributed by atoms with Crippen molar-refractivity contribution in [2.24, 2.45) is 0 Å². The molecule has 20 heavy (non-hydrogen) atoms. The molecule has 0 atom stereocenters. The van der Waals surface area contributed by atoms with Crippen molar-refractivity contribution >= 4 is 17.7 Å². The lowest BCUT2D eigenvalue weighted by Crippen LogP contribution is -2.13. The summed E-state index contributed by atoms with van der Waals surface area (Å²) < 4.78 is 5.10. The first-order valence-corrected chi connectivity index (χ1v) is 6.13. The Morgan fingerprint density at radius 1 is 1.30 bits per heavy atom. The quantitative estimate of drug-likeness (QED) is 0.683. The zero-order valence-corrected chi connectivity index (χ0v) is 11.3. The van der Waals surface area contributed by atoms with Gasteiger partial charge in [0, 0.05) is 11.8 Å². The third-order valence-electron chi connectivity index (χ3n) is 2.67. The van der Waals surface area contributed by atoms with E-state index in [4.69, 9.17) is 9.68 Å². The van der Waals surface area contributed by atoms with Crippen LogP contribution in [0.15, 0.2) is 46.6 Å². The first-order valence-electron chi connectivity index (χ1n) is 6.13. The standard InChI is InChI=1S/C16H14N2O2/c1-11-6-12(2)8-14(7-11)18-16(19)13(10-17)9-15-4-3-5-20-15/h3-9H,1-2H3,(H,18,19). The molecule has 1 N–H and O–H groups in total. The minimum absolute atomic E-state index is 0.000825. The van der Waals surface area contributed by atoms with Crippen LogP contribution in [0.25, 0.3) is 6.08 Å². The monoisotopic (exact) mass is 266 g/mol. The average Bonchev–Trinajstić information content (AvgIpc) is 2.87. The van der Waals surface area contributed by atoms with Gasteiger partial charge in [-0.25, -0.2) is 0 Å². The van der Waals surface area contributed by atoms with Gasteiger partial charge in [0.25, 0.3) is 5.91 Å². The lowest BCUT2D eigenvalue weighted by atomic mass is 10.1. The van der Waals surface area contributed by atoms with Crippen molar-refractivity contribution in [3.63, 3.8) is 0 Å². The number of nitrogens with one attached hydrogen (secondary N) is 1. The van der Waals surface area contributed by atoms with Gasteiger partial charge >= 0.3 is 0 Å². The Morgan fingerprint density at radius 2 is 2.00 bits per heavy atom. The van der Waals surface area contributed by atoms with Crippen LogP contribution in [-0.4, -0.2) is 5.91 Å². The van der Waals surface area contributed by atoms with Gasteiger partial charge in [-0.05, 0) is 49.2 Å². The van der Waals surface area contributed by atoms with E-state index >= 15 is 0 Å². The number of benzene rings is 1. The van der Waals surface area contributed by atoms with Crippen LogP contribution < -0.4 is 5.32 Å². The molecule has 1 amide bonds. The summed E-state index contributed by atoms with van der Waals surface area (Å²) in [4.78, 5) is 12.0. The van der Waals surface area contributed by atoms with Crippen molar-refractivity contribution in [1.29, 1.82) is 5.26 Å². The van der Waals surface area contributed by atoms with Crippen molar-refractivity contribution < 1.29 is 9.21 Å². The van der Waals surface area contributed by atoms with Gasteiger partial charge < -0.3 is 9.73 Å². The van der Waals surface area contributed by atoms with E-state index in [1.165, 1.54) is 12.3 Å². The maximum absolute atomic E-state index is 12.0. The number of hydrogen-bond donors (Lipinski definition) is 1. The topological polar surface area (TPSA) is 66.0 Å². The molecule has 0 bridgehead atoms. The van der Waals surface area contributed by atoms with Crippen LogP contribution in [0, 0.1) is 25.2 Å². The molecule has 1 aromatic heterocycles. The molecule has 0 aliphatic heterocycles. The van der Waals surface area contributed by atoms with Gasteiger partial charge in [-0.1, -0.05) is 6.07 Å². The summed E-state index contributed by atoms with van der Waals surface area (Å²) in [6, 6.07) is 11.0. The Balaban J connectivity index is 2.20. The predicted molar refractivity (Wildman–Crippen MR) is 76.8 cm³/mol. The molecule has 0 saturated carbocycles. The van der Waals surface area contributed by atoms with Crippen molar-refractivity contribution in [3.8, 4) is 6.07 Å². The summed E-state index contributed by atoms with van der Waals surface area (Å²) in [6.07, 6.45) is 2.90. The van der Waals surface area contributed by atoms with Crippen LogP contribution in [0.5, 0.6) is 0 Å². The van der Waals surface area contributed by atoms with Gasteiger partial charge in [0.15, 0.2) is 0 Å². The number of aryl methyl sites for hydroxylation is 2. The smallest absolute Gasteiger partial charge is 0.266 e. The van der Waals surface area contributed by atoms with Gasteiger partial charge in [0.05, 0.1) is 6.26 Å². The summed E-state index contributed by atoms with van der Waals surface area (Å²) in [5.74, 6) is 0.0195. The van der Waals surface area contributed by atoms with Gasteiger partial charge in [-0.15, -0.1) is 0 Å². The van der Waals surface area contributed by atoms with E-state index in [1.807, 2.05) is 38.1 Å². The molecule has 0 aliphatic rings. The van der Waals surface area contributed by atoms with Crippen molar-refractivity contribution in [1.82, 2.24) is 0 Å². The Hall–Kier alpha value is -2.80. The zero-order chi connectivity index (χ0) is 14.5. The molecule has 4 nitrogen and oxygen atoms in total. The minimum atomic E-state index is -0.450. The molecule has 2 aromatic rings. The van der Waals surface area contributed by atoms with Crippen LogP contribution in [0.3, 0.4) is 0 Å². The van der Waals surface area contributed by atoms with Crippen molar-refractivity contribution in [2.45, 2.75) is 13.8 Å². The van der Waals surface area contributed by atoms with E-state index in [0.717, 1.165) is 11.1 Å². The number of nitriles is 1. The van der Waals surface area contributed by atoms with Crippen LogP contribution in [0.2, 0.25) is 0 Å². The zero-order valence-electron chi connectivity index (χ0n) is 11.3. The second kappa shape index (κ2) is 5.89. The first kappa shape index (κ1) is 13.6. The normalized spacial score (nSPS) is 10.9. The largest absolute Gasteiger partial charge is 0.465 e. The van der Waals surface area contributed by atoms with Gasteiger partial charge in [0.1, 0.15) is 17.4 Å². The number of carbonyl (C=O) groups excluding carboxylic acids is 1. The molecule has 1 heterocycles. The van der Waals surface area contributed by atoms with E-state index in [2.05, 4.69) is 5.32 Å². The molecule has 0 unspecified atom stereocenters. The summed E-state index contributed by atoms with van der Waals surface area (Å²) in [5.41, 5.74) is 2.77. The third-order valence-corrected chi connectivity index (χ3v) is 2.67. The fourth-order valence-electron chi connectivity index (χ4n) is 1.91. The second-order valence-electron chi connectivity index (χ2n) is 4.52. The highest BCUT2D eigenvalue weighted by Gasteiger charge is 2.10. The SMILES string of the molecule is Cc1cc(C)cc(NC(=O)C(C#N)=Cc2ccco2)c1. The molecule has 4 heteroatoms. The van der Waals surface area contributed by atoms with Crippen LogP contribution in [0.4, 0.5) is 5.69 Å². The summed E-state index contributed by atoms with van der Waals surface area (Å²) in [6.45, 7) is 3.90. The molecule has 0 saturated heterocycles. The fraction of sp³-hybridized carbons (Fsp3) is 0.125. The van der Waals surface area contributed by atoms with Crippen LogP contribution in [-0.2, 0) is 4.79 Å². The van der Waals surface area contributed by atoms with E-state index in [-0.39, 0.29) is 5.57 Å². The number of furan rings is 1. The molecule has 1 aromatic carbocycles. The Kier molecular flexibility index (Phi) is 4.02. The summed E-state index contributed by atoms with van der Waals surface area (Å²) >= 11 is 0. The average molecular weight is 266 g/mol. The van der Waals surface area contributed by atoms with Crippen molar-refractivity contribution in [3.05, 3.63) is 59.1 Å². The predicted octanol–water partition coefficient (Wildman–Crippen LogP) is 3.44. The second-order valence-corrected chi connectivity index (χ2v) is 4.52. The minimum Gasteiger partial charge on any atom is -0.465 e. The van der Waals surface area contributed by atoms with E-state index in [9.17, 15) is 4.79 Å². The molecule has 2 rings (SSSR count). The lowest BCUT2D eigenvalue weighted by Gasteiger charge is -2.06. The number of amides is 1. The number of nitrogens with zero attached hydrogens (tertiary/aromatic N) is 1. The Morgan fingerprint density at radius 3 is 2.55 bits per heavy atom. The third kappa shape index (κ3) is 3.36. The van der Waals surface area contributed by atoms with Gasteiger partial charge in [-0.3, -0.25) is 4.79 Å². The molecular weight excluding hydrogens is 252 g/mol.